The van der Waals surface area contributed by atoms with Crippen molar-refractivity contribution in [3.63, 3.8) is 0 Å². The third-order valence-electron chi connectivity index (χ3n) is 3.16. The van der Waals surface area contributed by atoms with Crippen LogP contribution in [0.4, 0.5) is 0 Å². The third kappa shape index (κ3) is 4.63. The van der Waals surface area contributed by atoms with Crippen molar-refractivity contribution >= 4 is 23.1 Å². The number of carbonyl (C=O) groups is 1. The second-order valence-corrected chi connectivity index (χ2v) is 5.33. The van der Waals surface area contributed by atoms with E-state index in [0.29, 0.717) is 18.0 Å². The lowest BCUT2D eigenvalue weighted by Gasteiger charge is -2.22. The molecule has 0 heterocycles. The van der Waals surface area contributed by atoms with Crippen molar-refractivity contribution in [1.29, 1.82) is 0 Å². The summed E-state index contributed by atoms with van der Waals surface area (Å²) < 4.78 is 0. The maximum absolute atomic E-state index is 12.5. The Morgan fingerprint density at radius 2 is 1.95 bits per heavy atom. The molecule has 0 aliphatic heterocycles. The number of thiocarbonyl (C=S) groups is 1. The Morgan fingerprint density at radius 1 is 1.26 bits per heavy atom. The van der Waals surface area contributed by atoms with Crippen molar-refractivity contribution in [3.8, 4) is 0 Å². The second kappa shape index (κ2) is 7.24. The summed E-state index contributed by atoms with van der Waals surface area (Å²) in [5.74, 6) is 0.0567. The SMILES string of the molecule is CCCN(CCC(N)=S)C(=O)c1ccc(C)c(C)c1. The Morgan fingerprint density at radius 3 is 2.47 bits per heavy atom. The lowest BCUT2D eigenvalue weighted by Crippen LogP contribution is -2.34. The van der Waals surface area contributed by atoms with Crippen molar-refractivity contribution in [2.24, 2.45) is 5.73 Å². The average molecular weight is 278 g/mol. The Labute approximate surface area is 120 Å². The van der Waals surface area contributed by atoms with E-state index in [1.54, 1.807) is 0 Å². The first kappa shape index (κ1) is 15.6. The highest BCUT2D eigenvalue weighted by Crippen LogP contribution is 2.12. The zero-order chi connectivity index (χ0) is 14.4. The van der Waals surface area contributed by atoms with Crippen molar-refractivity contribution in [2.45, 2.75) is 33.6 Å². The number of hydrogen-bond donors (Lipinski definition) is 1. The minimum Gasteiger partial charge on any atom is -0.393 e. The Hall–Kier alpha value is -1.42. The predicted molar refractivity (Wildman–Crippen MR) is 83.5 cm³/mol. The molecule has 0 saturated carbocycles. The summed E-state index contributed by atoms with van der Waals surface area (Å²) in [4.78, 5) is 14.7. The number of carbonyl (C=O) groups excluding carboxylic acids is 1. The number of benzene rings is 1. The molecule has 0 spiro atoms. The van der Waals surface area contributed by atoms with E-state index >= 15 is 0 Å². The van der Waals surface area contributed by atoms with Gasteiger partial charge in [-0.25, -0.2) is 0 Å². The van der Waals surface area contributed by atoms with Crippen LogP contribution in [0.2, 0.25) is 0 Å². The van der Waals surface area contributed by atoms with Gasteiger partial charge in [0.2, 0.25) is 0 Å². The van der Waals surface area contributed by atoms with Gasteiger partial charge in [0.05, 0.1) is 4.99 Å². The summed E-state index contributed by atoms with van der Waals surface area (Å²) in [6.07, 6.45) is 1.50. The van der Waals surface area contributed by atoms with E-state index in [1.807, 2.05) is 36.9 Å². The molecule has 0 unspecified atom stereocenters. The molecule has 1 rings (SSSR count). The van der Waals surface area contributed by atoms with Gasteiger partial charge in [-0.05, 0) is 43.5 Å². The van der Waals surface area contributed by atoms with Gasteiger partial charge in [-0.3, -0.25) is 4.79 Å². The molecule has 0 aliphatic carbocycles. The van der Waals surface area contributed by atoms with Crippen LogP contribution < -0.4 is 5.73 Å². The van der Waals surface area contributed by atoms with Gasteiger partial charge in [0.1, 0.15) is 0 Å². The smallest absolute Gasteiger partial charge is 0.253 e. The number of hydrogen-bond acceptors (Lipinski definition) is 2. The highest BCUT2D eigenvalue weighted by molar-refractivity contribution is 7.80. The number of rotatable bonds is 6. The molecule has 0 bridgehead atoms. The highest BCUT2D eigenvalue weighted by Gasteiger charge is 2.15. The Bertz CT molecular complexity index is 471. The molecule has 1 aromatic carbocycles. The monoisotopic (exact) mass is 278 g/mol. The summed E-state index contributed by atoms with van der Waals surface area (Å²) >= 11 is 4.88. The molecule has 104 valence electrons. The summed E-state index contributed by atoms with van der Waals surface area (Å²) in [5.41, 5.74) is 8.58. The standard InChI is InChI=1S/C15H22N2OS/c1-4-8-17(9-7-14(16)19)15(18)13-6-5-11(2)12(3)10-13/h5-6,10H,4,7-9H2,1-3H3,(H2,16,19). The van der Waals surface area contributed by atoms with E-state index in [-0.39, 0.29) is 5.91 Å². The fourth-order valence-corrected chi connectivity index (χ4v) is 1.98. The zero-order valence-corrected chi connectivity index (χ0v) is 12.7. The van der Waals surface area contributed by atoms with E-state index in [4.69, 9.17) is 18.0 Å². The number of nitrogens with two attached hydrogens (primary N) is 1. The van der Waals surface area contributed by atoms with Gasteiger partial charge in [-0.15, -0.1) is 0 Å². The number of nitrogens with zero attached hydrogens (tertiary/aromatic N) is 1. The van der Waals surface area contributed by atoms with Crippen molar-refractivity contribution < 1.29 is 4.79 Å². The fraction of sp³-hybridized carbons (Fsp3) is 0.467. The fourth-order valence-electron chi connectivity index (χ4n) is 1.89. The minimum atomic E-state index is 0.0567. The number of amides is 1. The Kier molecular flexibility index (Phi) is 5.96. The van der Waals surface area contributed by atoms with E-state index in [9.17, 15) is 4.79 Å². The first-order valence-corrected chi connectivity index (χ1v) is 7.01. The first-order valence-electron chi connectivity index (χ1n) is 6.60. The summed E-state index contributed by atoms with van der Waals surface area (Å²) in [7, 11) is 0. The van der Waals surface area contributed by atoms with Gasteiger partial charge in [-0.2, -0.15) is 0 Å². The molecule has 1 amide bonds. The zero-order valence-electron chi connectivity index (χ0n) is 11.9. The van der Waals surface area contributed by atoms with E-state index < -0.39 is 0 Å². The molecular weight excluding hydrogens is 256 g/mol. The lowest BCUT2D eigenvalue weighted by molar-refractivity contribution is 0.0760. The second-order valence-electron chi connectivity index (χ2n) is 4.81. The van der Waals surface area contributed by atoms with Gasteiger partial charge in [-0.1, -0.05) is 25.2 Å². The van der Waals surface area contributed by atoms with E-state index in [2.05, 4.69) is 6.92 Å². The van der Waals surface area contributed by atoms with Crippen LogP contribution in [0.3, 0.4) is 0 Å². The molecule has 4 heteroatoms. The topological polar surface area (TPSA) is 46.3 Å². The van der Waals surface area contributed by atoms with E-state index in [1.165, 1.54) is 5.56 Å². The van der Waals surface area contributed by atoms with Gasteiger partial charge in [0.25, 0.3) is 5.91 Å². The highest BCUT2D eigenvalue weighted by atomic mass is 32.1. The molecule has 1 aromatic rings. The molecular formula is C15H22N2OS. The van der Waals surface area contributed by atoms with E-state index in [0.717, 1.165) is 24.1 Å². The van der Waals surface area contributed by atoms with Crippen LogP contribution in [0.15, 0.2) is 18.2 Å². The van der Waals surface area contributed by atoms with Crippen LogP contribution >= 0.6 is 12.2 Å². The van der Waals surface area contributed by atoms with Crippen LogP contribution in [-0.2, 0) is 0 Å². The molecule has 0 aliphatic rings. The first-order chi connectivity index (χ1) is 8.95. The van der Waals surface area contributed by atoms with Crippen molar-refractivity contribution in [2.75, 3.05) is 13.1 Å². The maximum atomic E-state index is 12.5. The molecule has 19 heavy (non-hydrogen) atoms. The molecule has 3 nitrogen and oxygen atoms in total. The van der Waals surface area contributed by atoms with Crippen LogP contribution in [0.25, 0.3) is 0 Å². The van der Waals surface area contributed by atoms with Gasteiger partial charge in [0, 0.05) is 25.1 Å². The quantitative estimate of drug-likeness (QED) is 0.814. The average Bonchev–Trinajstić information content (AvgIpc) is 2.36. The minimum absolute atomic E-state index is 0.0567. The largest absolute Gasteiger partial charge is 0.393 e. The third-order valence-corrected chi connectivity index (χ3v) is 3.37. The van der Waals surface area contributed by atoms with Crippen LogP contribution in [0.5, 0.6) is 0 Å². The summed E-state index contributed by atoms with van der Waals surface area (Å²) in [5, 5.41) is 0. The van der Waals surface area contributed by atoms with Crippen LogP contribution in [-0.4, -0.2) is 28.9 Å². The molecule has 0 radical (unpaired) electrons. The summed E-state index contributed by atoms with van der Waals surface area (Å²) in [6, 6.07) is 5.81. The molecule has 0 atom stereocenters. The Balaban J connectivity index is 2.85. The van der Waals surface area contributed by atoms with Crippen LogP contribution in [0, 0.1) is 13.8 Å². The van der Waals surface area contributed by atoms with Gasteiger partial charge < -0.3 is 10.6 Å². The molecule has 0 aromatic heterocycles. The van der Waals surface area contributed by atoms with Crippen molar-refractivity contribution in [1.82, 2.24) is 4.90 Å². The van der Waals surface area contributed by atoms with Gasteiger partial charge in [0.15, 0.2) is 0 Å². The predicted octanol–water partition coefficient (Wildman–Crippen LogP) is 2.83. The molecule has 0 saturated heterocycles. The lowest BCUT2D eigenvalue weighted by atomic mass is 10.1. The molecule has 2 N–H and O–H groups in total. The van der Waals surface area contributed by atoms with Gasteiger partial charge >= 0.3 is 0 Å². The number of aryl methyl sites for hydroxylation is 2. The van der Waals surface area contributed by atoms with Crippen LogP contribution in [0.1, 0.15) is 41.3 Å². The van der Waals surface area contributed by atoms with Crippen molar-refractivity contribution in [3.05, 3.63) is 34.9 Å². The molecule has 0 fully saturated rings. The maximum Gasteiger partial charge on any atom is 0.253 e. The summed E-state index contributed by atoms with van der Waals surface area (Å²) in [6.45, 7) is 7.44. The normalized spacial score (nSPS) is 10.3.